The zero-order valence-electron chi connectivity index (χ0n) is 19.0. The molecule has 4 rings (SSSR count). The average molecular weight is 442 g/mol. The predicted molar refractivity (Wildman–Crippen MR) is 124 cm³/mol. The fourth-order valence-corrected chi connectivity index (χ4v) is 5.22. The highest BCUT2D eigenvalue weighted by molar-refractivity contribution is 6.01. The second-order valence-corrected chi connectivity index (χ2v) is 9.13. The van der Waals surface area contributed by atoms with E-state index in [0.29, 0.717) is 18.5 Å². The number of likely N-dealkylation sites (N-methyl/N-ethyl adjacent to an activating group) is 1. The van der Waals surface area contributed by atoms with Crippen LogP contribution in [0.5, 0.6) is 0 Å². The molecule has 2 amide bonds. The summed E-state index contributed by atoms with van der Waals surface area (Å²) in [6.07, 6.45) is 3.95. The second kappa shape index (κ2) is 10.4. The van der Waals surface area contributed by atoms with E-state index in [0.717, 1.165) is 62.7 Å². The van der Waals surface area contributed by atoms with Crippen molar-refractivity contribution in [1.82, 2.24) is 20.4 Å². The summed E-state index contributed by atoms with van der Waals surface area (Å²) >= 11 is 0. The summed E-state index contributed by atoms with van der Waals surface area (Å²) in [5, 5.41) is 6.07. The van der Waals surface area contributed by atoms with Gasteiger partial charge in [-0.2, -0.15) is 0 Å². The molecule has 3 aliphatic heterocycles. The number of aldehydes is 1. The van der Waals surface area contributed by atoms with Gasteiger partial charge in [-0.25, -0.2) is 0 Å². The maximum Gasteiger partial charge on any atom is 0.255 e. The first-order valence-electron chi connectivity index (χ1n) is 11.9. The van der Waals surface area contributed by atoms with Gasteiger partial charge in [0.15, 0.2) is 0 Å². The van der Waals surface area contributed by atoms with Crippen LogP contribution in [0.4, 0.5) is 5.69 Å². The van der Waals surface area contributed by atoms with Crippen molar-refractivity contribution in [2.75, 3.05) is 57.8 Å². The normalized spacial score (nSPS) is 20.8. The van der Waals surface area contributed by atoms with Crippen molar-refractivity contribution in [2.45, 2.75) is 38.3 Å². The molecule has 1 aromatic carbocycles. The van der Waals surface area contributed by atoms with E-state index in [1.807, 2.05) is 12.1 Å². The molecule has 0 bridgehead atoms. The molecule has 1 atom stereocenters. The third kappa shape index (κ3) is 4.96. The number of hydrogen-bond acceptors (Lipinski definition) is 6. The van der Waals surface area contributed by atoms with Crippen molar-refractivity contribution < 1.29 is 14.4 Å². The molecule has 0 aliphatic carbocycles. The van der Waals surface area contributed by atoms with Gasteiger partial charge in [-0.05, 0) is 62.0 Å². The lowest BCUT2D eigenvalue weighted by Gasteiger charge is -2.38. The first kappa shape index (κ1) is 22.7. The third-order valence-corrected chi connectivity index (χ3v) is 7.12. The smallest absolute Gasteiger partial charge is 0.255 e. The Morgan fingerprint density at radius 2 is 1.97 bits per heavy atom. The number of carbonyl (C=O) groups excluding carboxylic acids is 3. The third-order valence-electron chi connectivity index (χ3n) is 7.12. The van der Waals surface area contributed by atoms with Gasteiger partial charge < -0.3 is 25.2 Å². The van der Waals surface area contributed by atoms with Crippen molar-refractivity contribution in [3.05, 3.63) is 29.3 Å². The molecule has 1 unspecified atom stereocenters. The Balaban J connectivity index is 1.38. The number of carbonyl (C=O) groups is 3. The molecule has 0 saturated carbocycles. The van der Waals surface area contributed by atoms with Crippen LogP contribution < -0.4 is 15.5 Å². The number of nitrogens with zero attached hydrogens (tertiary/aromatic N) is 3. The Hall–Kier alpha value is -2.45. The highest BCUT2D eigenvalue weighted by atomic mass is 16.2. The molecule has 32 heavy (non-hydrogen) atoms. The average Bonchev–Trinajstić information content (AvgIpc) is 3.15. The number of benzene rings is 1. The first-order chi connectivity index (χ1) is 15.6. The van der Waals surface area contributed by atoms with Crippen LogP contribution in [-0.4, -0.2) is 86.8 Å². The topological polar surface area (TPSA) is 85.0 Å². The summed E-state index contributed by atoms with van der Waals surface area (Å²) in [5.41, 5.74) is 2.77. The number of anilines is 1. The number of hydrogen-bond donors (Lipinski definition) is 2. The minimum absolute atomic E-state index is 0.127. The molecule has 2 N–H and O–H groups in total. The lowest BCUT2D eigenvalue weighted by molar-refractivity contribution is -0.125. The molecule has 3 aliphatic rings. The maximum absolute atomic E-state index is 13.0. The van der Waals surface area contributed by atoms with Gasteiger partial charge in [-0.1, -0.05) is 0 Å². The van der Waals surface area contributed by atoms with Gasteiger partial charge in [0.25, 0.3) is 5.91 Å². The molecule has 8 heteroatoms. The standard InChI is InChI=1S/C24H35N5O3/c1-25-23(31)22(3-2-14-30)29-17-19-15-20(4-5-21(19)24(29)32)28-12-10-27(11-13-28)16-18-6-8-26-9-7-18/h4-5,14-15,18,22,26H,2-3,6-13,16-17H2,1H3,(H,25,31). The minimum Gasteiger partial charge on any atom is -0.369 e. The maximum atomic E-state index is 13.0. The van der Waals surface area contributed by atoms with Crippen molar-refractivity contribution in [3.63, 3.8) is 0 Å². The fraction of sp³-hybridized carbons (Fsp3) is 0.625. The van der Waals surface area contributed by atoms with Crippen molar-refractivity contribution >= 4 is 23.8 Å². The number of piperidine rings is 1. The van der Waals surface area contributed by atoms with Crippen LogP contribution in [0.1, 0.15) is 41.6 Å². The van der Waals surface area contributed by atoms with E-state index in [2.05, 4.69) is 26.5 Å². The van der Waals surface area contributed by atoms with Crippen molar-refractivity contribution in [1.29, 1.82) is 0 Å². The highest BCUT2D eigenvalue weighted by Crippen LogP contribution is 2.30. The summed E-state index contributed by atoms with van der Waals surface area (Å²) in [5.74, 6) is 0.461. The van der Waals surface area contributed by atoms with Gasteiger partial charge >= 0.3 is 0 Å². The number of rotatable bonds is 8. The monoisotopic (exact) mass is 441 g/mol. The van der Waals surface area contributed by atoms with Crippen LogP contribution in [0.2, 0.25) is 0 Å². The summed E-state index contributed by atoms with van der Waals surface area (Å²) in [4.78, 5) is 42.8. The number of fused-ring (bicyclic) bond motifs is 1. The Morgan fingerprint density at radius 1 is 1.22 bits per heavy atom. The summed E-state index contributed by atoms with van der Waals surface area (Å²) in [7, 11) is 1.56. The molecule has 8 nitrogen and oxygen atoms in total. The lowest BCUT2D eigenvalue weighted by Crippen LogP contribution is -2.48. The van der Waals surface area contributed by atoms with Crippen LogP contribution in [0.15, 0.2) is 18.2 Å². The van der Waals surface area contributed by atoms with E-state index in [1.165, 1.54) is 19.4 Å². The van der Waals surface area contributed by atoms with E-state index in [9.17, 15) is 14.4 Å². The Kier molecular flexibility index (Phi) is 7.42. The molecule has 0 spiro atoms. The molecule has 2 saturated heterocycles. The molecular formula is C24H35N5O3. The summed E-state index contributed by atoms with van der Waals surface area (Å²) in [6.45, 7) is 8.01. The predicted octanol–water partition coefficient (Wildman–Crippen LogP) is 0.858. The molecule has 2 fully saturated rings. The van der Waals surface area contributed by atoms with Gasteiger partial charge in [-0.15, -0.1) is 0 Å². The van der Waals surface area contributed by atoms with Crippen molar-refractivity contribution in [2.24, 2.45) is 5.92 Å². The molecule has 0 radical (unpaired) electrons. The van der Waals surface area contributed by atoms with Gasteiger partial charge in [0.1, 0.15) is 12.3 Å². The molecule has 0 aromatic heterocycles. The van der Waals surface area contributed by atoms with E-state index in [4.69, 9.17) is 0 Å². The van der Waals surface area contributed by atoms with Crippen LogP contribution in [0.25, 0.3) is 0 Å². The number of piperazine rings is 1. The highest BCUT2D eigenvalue weighted by Gasteiger charge is 2.36. The Morgan fingerprint density at radius 3 is 2.66 bits per heavy atom. The number of amides is 2. The SMILES string of the molecule is CNC(=O)C(CCC=O)N1Cc2cc(N3CCN(CC4CCNCC4)CC3)ccc2C1=O. The van der Waals surface area contributed by atoms with E-state index in [-0.39, 0.29) is 18.2 Å². The lowest BCUT2D eigenvalue weighted by atomic mass is 9.97. The Labute approximate surface area is 190 Å². The van der Waals surface area contributed by atoms with Crippen LogP contribution >= 0.6 is 0 Å². The molecule has 174 valence electrons. The van der Waals surface area contributed by atoms with Crippen LogP contribution in [-0.2, 0) is 16.1 Å². The number of nitrogens with one attached hydrogen (secondary N) is 2. The zero-order chi connectivity index (χ0) is 22.5. The summed E-state index contributed by atoms with van der Waals surface area (Å²) < 4.78 is 0. The minimum atomic E-state index is -0.618. The van der Waals surface area contributed by atoms with E-state index >= 15 is 0 Å². The van der Waals surface area contributed by atoms with Crippen LogP contribution in [0, 0.1) is 5.92 Å². The first-order valence-corrected chi connectivity index (χ1v) is 11.9. The van der Waals surface area contributed by atoms with E-state index < -0.39 is 6.04 Å². The van der Waals surface area contributed by atoms with Gasteiger partial charge in [0.05, 0.1) is 0 Å². The summed E-state index contributed by atoms with van der Waals surface area (Å²) in [6, 6.07) is 5.42. The van der Waals surface area contributed by atoms with Gasteiger partial charge in [0.2, 0.25) is 5.91 Å². The molecule has 1 aromatic rings. The molecular weight excluding hydrogens is 406 g/mol. The quantitative estimate of drug-likeness (QED) is 0.582. The van der Waals surface area contributed by atoms with E-state index in [1.54, 1.807) is 11.9 Å². The largest absolute Gasteiger partial charge is 0.369 e. The van der Waals surface area contributed by atoms with Crippen molar-refractivity contribution in [3.8, 4) is 0 Å². The second-order valence-electron chi connectivity index (χ2n) is 9.13. The van der Waals surface area contributed by atoms with Crippen LogP contribution in [0.3, 0.4) is 0 Å². The Bertz CT molecular complexity index is 831. The van der Waals surface area contributed by atoms with Gasteiger partial charge in [-0.3, -0.25) is 14.5 Å². The fourth-order valence-electron chi connectivity index (χ4n) is 5.22. The molecule has 3 heterocycles. The zero-order valence-corrected chi connectivity index (χ0v) is 19.0. The van der Waals surface area contributed by atoms with Gasteiger partial charge in [0, 0.05) is 64.0 Å².